The summed E-state index contributed by atoms with van der Waals surface area (Å²) in [5.74, 6) is 0.740. The van der Waals surface area contributed by atoms with Crippen LogP contribution in [0.25, 0.3) is 11.3 Å². The van der Waals surface area contributed by atoms with E-state index in [1.165, 1.54) is 0 Å². The predicted octanol–water partition coefficient (Wildman–Crippen LogP) is 1.88. The van der Waals surface area contributed by atoms with E-state index in [-0.39, 0.29) is 5.75 Å². The standard InChI is InChI=1S/C14H15N3O/c1-17-8-10(9-17)12-6-7-13(16-15-12)11-4-2-3-5-14(11)18/h2-7,10,18H,8-9H2,1H3. The number of likely N-dealkylation sites (N-methyl/N-ethyl adjacent to an activating group) is 1. The van der Waals surface area contributed by atoms with Gasteiger partial charge in [0.1, 0.15) is 5.75 Å². The molecule has 1 aromatic carbocycles. The third-order valence-electron chi connectivity index (χ3n) is 3.35. The maximum absolute atomic E-state index is 9.76. The van der Waals surface area contributed by atoms with Crippen molar-refractivity contribution < 1.29 is 5.11 Å². The highest BCUT2D eigenvalue weighted by Gasteiger charge is 2.26. The summed E-state index contributed by atoms with van der Waals surface area (Å²) in [5, 5.41) is 18.2. The van der Waals surface area contributed by atoms with Gasteiger partial charge in [-0.05, 0) is 31.3 Å². The number of para-hydroxylation sites is 1. The zero-order valence-corrected chi connectivity index (χ0v) is 10.2. The van der Waals surface area contributed by atoms with Gasteiger partial charge in [0.2, 0.25) is 0 Å². The van der Waals surface area contributed by atoms with Crippen molar-refractivity contribution in [3.8, 4) is 17.0 Å². The first-order valence-electron chi connectivity index (χ1n) is 6.04. The van der Waals surface area contributed by atoms with Gasteiger partial charge in [0.25, 0.3) is 0 Å². The van der Waals surface area contributed by atoms with Crippen LogP contribution in [0.4, 0.5) is 0 Å². The van der Waals surface area contributed by atoms with Crippen molar-refractivity contribution in [2.24, 2.45) is 0 Å². The number of aromatic hydroxyl groups is 1. The van der Waals surface area contributed by atoms with Gasteiger partial charge in [-0.3, -0.25) is 0 Å². The van der Waals surface area contributed by atoms with Gasteiger partial charge < -0.3 is 10.0 Å². The number of phenolic OH excluding ortho intramolecular Hbond substituents is 1. The summed E-state index contributed by atoms with van der Waals surface area (Å²) in [6, 6.07) is 11.1. The summed E-state index contributed by atoms with van der Waals surface area (Å²) in [7, 11) is 2.10. The van der Waals surface area contributed by atoms with Gasteiger partial charge in [-0.25, -0.2) is 0 Å². The molecule has 1 aliphatic heterocycles. The lowest BCUT2D eigenvalue weighted by Gasteiger charge is -2.35. The highest BCUT2D eigenvalue weighted by Crippen LogP contribution is 2.28. The smallest absolute Gasteiger partial charge is 0.125 e. The number of benzene rings is 1. The molecule has 1 aromatic heterocycles. The van der Waals surface area contributed by atoms with Crippen LogP contribution in [0.5, 0.6) is 5.75 Å². The zero-order valence-electron chi connectivity index (χ0n) is 10.2. The van der Waals surface area contributed by atoms with E-state index in [0.717, 1.165) is 24.3 Å². The summed E-state index contributed by atoms with van der Waals surface area (Å²) in [6.45, 7) is 2.09. The molecule has 0 bridgehead atoms. The summed E-state index contributed by atoms with van der Waals surface area (Å²) < 4.78 is 0. The normalized spacial score (nSPS) is 16.5. The summed E-state index contributed by atoms with van der Waals surface area (Å²) in [6.07, 6.45) is 0. The Hall–Kier alpha value is -1.94. The minimum absolute atomic E-state index is 0.239. The molecule has 0 amide bonds. The second-order valence-electron chi connectivity index (χ2n) is 4.78. The lowest BCUT2D eigenvalue weighted by Crippen LogP contribution is -2.42. The average Bonchev–Trinajstić information content (AvgIpc) is 2.36. The van der Waals surface area contributed by atoms with Crippen LogP contribution in [0.15, 0.2) is 36.4 Å². The Balaban J connectivity index is 1.85. The van der Waals surface area contributed by atoms with E-state index in [1.807, 2.05) is 24.3 Å². The molecule has 2 aromatic rings. The zero-order chi connectivity index (χ0) is 12.5. The van der Waals surface area contributed by atoms with Crippen molar-refractivity contribution in [1.82, 2.24) is 15.1 Å². The molecule has 0 saturated carbocycles. The van der Waals surface area contributed by atoms with E-state index < -0.39 is 0 Å². The highest BCUT2D eigenvalue weighted by atomic mass is 16.3. The minimum Gasteiger partial charge on any atom is -0.507 e. The van der Waals surface area contributed by atoms with Gasteiger partial charge in [0.15, 0.2) is 0 Å². The molecule has 1 aliphatic rings. The summed E-state index contributed by atoms with van der Waals surface area (Å²) >= 11 is 0. The van der Waals surface area contributed by atoms with Crippen LogP contribution in [0.3, 0.4) is 0 Å². The SMILES string of the molecule is CN1CC(c2ccc(-c3ccccc3O)nn2)C1. The summed E-state index contributed by atoms with van der Waals surface area (Å²) in [5.41, 5.74) is 2.47. The second-order valence-corrected chi connectivity index (χ2v) is 4.78. The number of rotatable bonds is 2. The molecule has 0 atom stereocenters. The van der Waals surface area contributed by atoms with Crippen molar-refractivity contribution in [2.75, 3.05) is 20.1 Å². The molecule has 4 heteroatoms. The van der Waals surface area contributed by atoms with Crippen LogP contribution >= 0.6 is 0 Å². The van der Waals surface area contributed by atoms with Crippen LogP contribution in [0.2, 0.25) is 0 Å². The van der Waals surface area contributed by atoms with E-state index in [1.54, 1.807) is 12.1 Å². The molecule has 1 N–H and O–H groups in total. The lowest BCUT2D eigenvalue weighted by molar-refractivity contribution is 0.186. The van der Waals surface area contributed by atoms with Gasteiger partial charge in [0.05, 0.1) is 11.4 Å². The fourth-order valence-corrected chi connectivity index (χ4v) is 2.28. The molecule has 3 rings (SSSR count). The Labute approximate surface area is 106 Å². The molecule has 1 fully saturated rings. The molecular formula is C14H15N3O. The van der Waals surface area contributed by atoms with Gasteiger partial charge in [0, 0.05) is 24.6 Å². The Kier molecular flexibility index (Phi) is 2.72. The molecule has 0 aliphatic carbocycles. The average molecular weight is 241 g/mol. The molecule has 1 saturated heterocycles. The number of hydrogen-bond donors (Lipinski definition) is 1. The quantitative estimate of drug-likeness (QED) is 0.872. The first-order chi connectivity index (χ1) is 8.74. The molecule has 18 heavy (non-hydrogen) atoms. The Bertz CT molecular complexity index is 547. The molecule has 0 radical (unpaired) electrons. The van der Waals surface area contributed by atoms with Crippen LogP contribution in [-0.2, 0) is 0 Å². The summed E-state index contributed by atoms with van der Waals surface area (Å²) in [4.78, 5) is 2.25. The molecule has 92 valence electrons. The van der Waals surface area contributed by atoms with Crippen molar-refractivity contribution >= 4 is 0 Å². The fourth-order valence-electron chi connectivity index (χ4n) is 2.28. The number of phenols is 1. The van der Waals surface area contributed by atoms with Crippen molar-refractivity contribution in [3.05, 3.63) is 42.1 Å². The van der Waals surface area contributed by atoms with E-state index in [0.29, 0.717) is 11.6 Å². The lowest BCUT2D eigenvalue weighted by atomic mass is 9.97. The molecule has 4 nitrogen and oxygen atoms in total. The molecule has 2 heterocycles. The fraction of sp³-hybridized carbons (Fsp3) is 0.286. The van der Waals surface area contributed by atoms with Gasteiger partial charge in [-0.15, -0.1) is 0 Å². The van der Waals surface area contributed by atoms with Gasteiger partial charge >= 0.3 is 0 Å². The van der Waals surface area contributed by atoms with E-state index in [9.17, 15) is 5.11 Å². The van der Waals surface area contributed by atoms with Crippen LogP contribution in [0, 0.1) is 0 Å². The van der Waals surface area contributed by atoms with E-state index in [2.05, 4.69) is 22.1 Å². The third-order valence-corrected chi connectivity index (χ3v) is 3.35. The second kappa shape index (κ2) is 4.38. The number of nitrogens with zero attached hydrogens (tertiary/aromatic N) is 3. The molecular weight excluding hydrogens is 226 g/mol. The largest absolute Gasteiger partial charge is 0.507 e. The highest BCUT2D eigenvalue weighted by molar-refractivity contribution is 5.65. The van der Waals surface area contributed by atoms with E-state index in [4.69, 9.17) is 0 Å². The topological polar surface area (TPSA) is 49.2 Å². The first-order valence-corrected chi connectivity index (χ1v) is 6.04. The van der Waals surface area contributed by atoms with Crippen LogP contribution in [-0.4, -0.2) is 40.3 Å². The van der Waals surface area contributed by atoms with Gasteiger partial charge in [-0.2, -0.15) is 10.2 Å². The minimum atomic E-state index is 0.239. The van der Waals surface area contributed by atoms with E-state index >= 15 is 0 Å². The predicted molar refractivity (Wildman–Crippen MR) is 69.4 cm³/mol. The number of aromatic nitrogens is 2. The Morgan fingerprint density at radius 2 is 1.89 bits per heavy atom. The Morgan fingerprint density at radius 3 is 2.50 bits per heavy atom. The van der Waals surface area contributed by atoms with Crippen LogP contribution < -0.4 is 0 Å². The van der Waals surface area contributed by atoms with Gasteiger partial charge in [-0.1, -0.05) is 12.1 Å². The maximum Gasteiger partial charge on any atom is 0.125 e. The molecule has 0 spiro atoms. The Morgan fingerprint density at radius 1 is 1.11 bits per heavy atom. The van der Waals surface area contributed by atoms with Crippen molar-refractivity contribution in [2.45, 2.75) is 5.92 Å². The van der Waals surface area contributed by atoms with Crippen LogP contribution in [0.1, 0.15) is 11.6 Å². The number of likely N-dealkylation sites (tertiary alicyclic amines) is 1. The monoisotopic (exact) mass is 241 g/mol. The number of hydrogen-bond acceptors (Lipinski definition) is 4. The molecule has 0 unspecified atom stereocenters. The van der Waals surface area contributed by atoms with Crippen molar-refractivity contribution in [1.29, 1.82) is 0 Å². The third kappa shape index (κ3) is 1.95. The maximum atomic E-state index is 9.76. The van der Waals surface area contributed by atoms with Crippen molar-refractivity contribution in [3.63, 3.8) is 0 Å². The first kappa shape index (κ1) is 11.2.